The lowest BCUT2D eigenvalue weighted by Gasteiger charge is -2.26. The predicted molar refractivity (Wildman–Crippen MR) is 68.6 cm³/mol. The minimum Gasteiger partial charge on any atom is -0.279 e. The Hall–Kier alpha value is -1.12. The van der Waals surface area contributed by atoms with Gasteiger partial charge in [-0.05, 0) is 31.1 Å². The molecule has 98 valence electrons. The van der Waals surface area contributed by atoms with Crippen LogP contribution in [-0.2, 0) is 9.59 Å². The maximum atomic E-state index is 12.5. The first kappa shape index (κ1) is 11.9. The number of nitrogens with zero attached hydrogens (tertiary/aromatic N) is 1. The maximum Gasteiger partial charge on any atom is 0.233 e. The molecule has 2 aliphatic carbocycles. The Balaban J connectivity index is 1.87. The van der Waals surface area contributed by atoms with Gasteiger partial charge in [-0.2, -0.15) is 0 Å². The molecule has 2 amide bonds. The number of hydrogen-bond acceptors (Lipinski definition) is 2. The van der Waals surface area contributed by atoms with Crippen LogP contribution in [0.15, 0.2) is 12.2 Å². The lowest BCUT2D eigenvalue weighted by Crippen LogP contribution is -2.41. The number of likely N-dealkylation sites (tertiary alicyclic amines) is 1. The topological polar surface area (TPSA) is 37.4 Å². The van der Waals surface area contributed by atoms with Crippen molar-refractivity contribution in [3.8, 4) is 0 Å². The Bertz CT molecular complexity index is 385. The molecule has 0 aromatic carbocycles. The Morgan fingerprint density at radius 2 is 1.72 bits per heavy atom. The SMILES string of the molecule is CCCC(CC)N1C(=O)C2C3C=CC(C3)C2C1=O. The fraction of sp³-hybridized carbons (Fsp3) is 0.733. The van der Waals surface area contributed by atoms with Crippen LogP contribution in [0.4, 0.5) is 0 Å². The second kappa shape index (κ2) is 4.22. The zero-order valence-electron chi connectivity index (χ0n) is 11.1. The van der Waals surface area contributed by atoms with E-state index in [4.69, 9.17) is 0 Å². The molecule has 5 unspecified atom stereocenters. The fourth-order valence-electron chi connectivity index (χ4n) is 4.13. The third-order valence-corrected chi connectivity index (χ3v) is 4.96. The molecule has 1 saturated heterocycles. The number of rotatable bonds is 4. The minimum atomic E-state index is -0.0293. The molecule has 3 aliphatic rings. The van der Waals surface area contributed by atoms with Crippen molar-refractivity contribution in [2.75, 3.05) is 0 Å². The minimum absolute atomic E-state index is 0.0293. The van der Waals surface area contributed by atoms with Gasteiger partial charge in [0.05, 0.1) is 11.8 Å². The third kappa shape index (κ3) is 1.42. The van der Waals surface area contributed by atoms with Gasteiger partial charge in [0.1, 0.15) is 0 Å². The Labute approximate surface area is 108 Å². The van der Waals surface area contributed by atoms with E-state index in [1.54, 1.807) is 4.90 Å². The number of carbonyl (C=O) groups is 2. The molecule has 1 saturated carbocycles. The number of allylic oxidation sites excluding steroid dienone is 2. The van der Waals surface area contributed by atoms with Gasteiger partial charge in [-0.15, -0.1) is 0 Å². The van der Waals surface area contributed by atoms with E-state index in [0.717, 1.165) is 25.7 Å². The molecule has 1 heterocycles. The van der Waals surface area contributed by atoms with Crippen molar-refractivity contribution in [1.29, 1.82) is 0 Å². The van der Waals surface area contributed by atoms with Crippen molar-refractivity contribution < 1.29 is 9.59 Å². The second-order valence-electron chi connectivity index (χ2n) is 5.90. The molecular formula is C15H21NO2. The maximum absolute atomic E-state index is 12.5. The van der Waals surface area contributed by atoms with Gasteiger partial charge in [-0.25, -0.2) is 0 Å². The number of carbonyl (C=O) groups excluding carboxylic acids is 2. The standard InChI is InChI=1S/C15H21NO2/c1-3-5-11(4-2)16-14(17)12-9-6-7-10(8-9)13(12)15(16)18/h6-7,9-13H,3-5,8H2,1-2H3. The summed E-state index contributed by atoms with van der Waals surface area (Å²) in [6.07, 6.45) is 8.17. The van der Waals surface area contributed by atoms with Gasteiger partial charge in [0.2, 0.25) is 11.8 Å². The summed E-state index contributed by atoms with van der Waals surface area (Å²) in [5.74, 6) is 0.835. The van der Waals surface area contributed by atoms with Crippen LogP contribution >= 0.6 is 0 Å². The highest BCUT2D eigenvalue weighted by Crippen LogP contribution is 2.53. The van der Waals surface area contributed by atoms with Crippen molar-refractivity contribution >= 4 is 11.8 Å². The molecule has 2 bridgehead atoms. The van der Waals surface area contributed by atoms with Crippen LogP contribution in [0.2, 0.25) is 0 Å². The Morgan fingerprint density at radius 3 is 2.17 bits per heavy atom. The van der Waals surface area contributed by atoms with Crippen LogP contribution in [0.5, 0.6) is 0 Å². The van der Waals surface area contributed by atoms with Crippen molar-refractivity contribution in [2.45, 2.75) is 45.6 Å². The normalized spacial score (nSPS) is 38.7. The monoisotopic (exact) mass is 247 g/mol. The van der Waals surface area contributed by atoms with Crippen LogP contribution in [0.1, 0.15) is 39.5 Å². The van der Waals surface area contributed by atoms with Gasteiger partial charge in [0.15, 0.2) is 0 Å². The Kier molecular flexibility index (Phi) is 2.80. The first-order valence-corrected chi connectivity index (χ1v) is 7.24. The molecule has 5 atom stereocenters. The largest absolute Gasteiger partial charge is 0.279 e. The van der Waals surface area contributed by atoms with Crippen LogP contribution in [0.3, 0.4) is 0 Å². The highest BCUT2D eigenvalue weighted by molar-refractivity contribution is 6.06. The summed E-state index contributed by atoms with van der Waals surface area (Å²) in [6.45, 7) is 4.18. The van der Waals surface area contributed by atoms with Crippen molar-refractivity contribution in [3.05, 3.63) is 12.2 Å². The van der Waals surface area contributed by atoms with Crippen molar-refractivity contribution in [3.63, 3.8) is 0 Å². The summed E-state index contributed by atoms with van der Waals surface area (Å²) < 4.78 is 0. The van der Waals surface area contributed by atoms with Gasteiger partial charge >= 0.3 is 0 Å². The van der Waals surface area contributed by atoms with E-state index in [-0.39, 0.29) is 29.7 Å². The van der Waals surface area contributed by atoms with Crippen molar-refractivity contribution in [2.24, 2.45) is 23.7 Å². The summed E-state index contributed by atoms with van der Waals surface area (Å²) in [4.78, 5) is 26.7. The summed E-state index contributed by atoms with van der Waals surface area (Å²) in [5.41, 5.74) is 0. The van der Waals surface area contributed by atoms with Crippen LogP contribution in [0.25, 0.3) is 0 Å². The molecule has 0 aromatic heterocycles. The first-order valence-electron chi connectivity index (χ1n) is 7.24. The van der Waals surface area contributed by atoms with Crippen LogP contribution < -0.4 is 0 Å². The molecule has 3 heteroatoms. The van der Waals surface area contributed by atoms with Crippen LogP contribution in [-0.4, -0.2) is 22.8 Å². The molecule has 1 aliphatic heterocycles. The molecule has 2 fully saturated rings. The predicted octanol–water partition coefficient (Wildman–Crippen LogP) is 2.37. The number of amides is 2. The fourth-order valence-corrected chi connectivity index (χ4v) is 4.13. The molecule has 3 rings (SSSR count). The number of fused-ring (bicyclic) bond motifs is 5. The molecule has 0 spiro atoms. The van der Waals surface area contributed by atoms with E-state index >= 15 is 0 Å². The highest BCUT2D eigenvalue weighted by atomic mass is 16.2. The zero-order chi connectivity index (χ0) is 12.9. The first-order chi connectivity index (χ1) is 8.69. The molecule has 0 N–H and O–H groups in total. The second-order valence-corrected chi connectivity index (χ2v) is 5.90. The van der Waals surface area contributed by atoms with Gasteiger partial charge in [-0.1, -0.05) is 32.4 Å². The summed E-state index contributed by atoms with van der Waals surface area (Å²) >= 11 is 0. The van der Waals surface area contributed by atoms with E-state index in [2.05, 4.69) is 26.0 Å². The average Bonchev–Trinajstić information content (AvgIpc) is 3.02. The smallest absolute Gasteiger partial charge is 0.233 e. The van der Waals surface area contributed by atoms with E-state index in [0.29, 0.717) is 11.8 Å². The van der Waals surface area contributed by atoms with Gasteiger partial charge in [0.25, 0.3) is 0 Å². The molecule has 0 radical (unpaired) electrons. The lowest BCUT2D eigenvalue weighted by molar-refractivity contribution is -0.143. The van der Waals surface area contributed by atoms with Gasteiger partial charge < -0.3 is 0 Å². The summed E-state index contributed by atoms with van der Waals surface area (Å²) in [6, 6.07) is 0.125. The van der Waals surface area contributed by atoms with E-state index < -0.39 is 0 Å². The summed E-state index contributed by atoms with van der Waals surface area (Å²) in [7, 11) is 0. The van der Waals surface area contributed by atoms with E-state index in [9.17, 15) is 9.59 Å². The van der Waals surface area contributed by atoms with Crippen LogP contribution in [0, 0.1) is 23.7 Å². The number of hydrogen-bond donors (Lipinski definition) is 0. The molecular weight excluding hydrogens is 226 g/mol. The quantitative estimate of drug-likeness (QED) is 0.565. The average molecular weight is 247 g/mol. The van der Waals surface area contributed by atoms with Gasteiger partial charge in [-0.3, -0.25) is 14.5 Å². The highest BCUT2D eigenvalue weighted by Gasteiger charge is 2.59. The third-order valence-electron chi connectivity index (χ3n) is 4.96. The summed E-state index contributed by atoms with van der Waals surface area (Å²) in [5, 5.41) is 0. The van der Waals surface area contributed by atoms with Gasteiger partial charge in [0, 0.05) is 6.04 Å². The molecule has 18 heavy (non-hydrogen) atoms. The van der Waals surface area contributed by atoms with Crippen molar-refractivity contribution in [1.82, 2.24) is 4.90 Å². The Morgan fingerprint density at radius 1 is 1.17 bits per heavy atom. The molecule has 3 nitrogen and oxygen atoms in total. The van der Waals surface area contributed by atoms with E-state index in [1.165, 1.54) is 0 Å². The lowest BCUT2D eigenvalue weighted by atomic mass is 9.85. The number of imide groups is 1. The van der Waals surface area contributed by atoms with E-state index in [1.807, 2.05) is 0 Å². The molecule has 0 aromatic rings. The zero-order valence-corrected chi connectivity index (χ0v) is 11.1.